The maximum atomic E-state index is 13.4. The fourth-order valence-electron chi connectivity index (χ4n) is 5.36. The van der Waals surface area contributed by atoms with E-state index >= 15 is 0 Å². The minimum absolute atomic E-state index is 0.0948. The van der Waals surface area contributed by atoms with E-state index in [1.165, 1.54) is 17.3 Å². The molecular formula is C24H27ClF2N6O2. The number of benzene rings is 1. The van der Waals surface area contributed by atoms with Crippen molar-refractivity contribution in [1.82, 2.24) is 24.6 Å². The molecule has 2 saturated heterocycles. The average molecular weight is 505 g/mol. The standard InChI is InChI=1S/C24H27ClF2N6O2/c1-13-6-15-9-28-23(31-18-10-29-33(22(18)25)21-8-24(21,26)27)30-17(15)7-16(13)14-2-4-32(5-3-14)19-11-35-12-20(19)34/h6-7,9-10,14,19-21,34H,2-5,8,11-12H2,1H3,(H,28,30,31)/t19?,20-,21?/m1/s1. The maximum Gasteiger partial charge on any atom is 0.272 e. The number of hydrogen-bond acceptors (Lipinski definition) is 7. The Kier molecular flexibility index (Phi) is 5.67. The molecule has 1 aromatic carbocycles. The van der Waals surface area contributed by atoms with E-state index in [1.807, 2.05) is 0 Å². The SMILES string of the molecule is Cc1cc2cnc(Nc3cnn(C4CC4(F)F)c3Cl)nc2cc1C1CCN(C2COC[C@H]2O)CC1. The predicted octanol–water partition coefficient (Wildman–Crippen LogP) is 4.05. The van der Waals surface area contributed by atoms with Crippen molar-refractivity contribution in [3.63, 3.8) is 0 Å². The zero-order valence-corrected chi connectivity index (χ0v) is 20.0. The van der Waals surface area contributed by atoms with Crippen LogP contribution in [0.4, 0.5) is 20.4 Å². The van der Waals surface area contributed by atoms with Gasteiger partial charge >= 0.3 is 0 Å². The summed E-state index contributed by atoms with van der Waals surface area (Å²) in [4.78, 5) is 11.4. The van der Waals surface area contributed by atoms with Gasteiger partial charge in [0.1, 0.15) is 6.04 Å². The third kappa shape index (κ3) is 4.26. The second-order valence-electron chi connectivity index (χ2n) is 9.84. The number of piperidine rings is 1. The molecule has 6 rings (SSSR count). The molecule has 2 aromatic heterocycles. The van der Waals surface area contributed by atoms with Crippen molar-refractivity contribution in [2.45, 2.75) is 56.2 Å². The number of rotatable bonds is 5. The van der Waals surface area contributed by atoms with E-state index in [9.17, 15) is 13.9 Å². The lowest BCUT2D eigenvalue weighted by Crippen LogP contribution is -2.46. The molecule has 35 heavy (non-hydrogen) atoms. The van der Waals surface area contributed by atoms with Gasteiger partial charge in [0.2, 0.25) is 5.95 Å². The van der Waals surface area contributed by atoms with Gasteiger partial charge in [0.25, 0.3) is 5.92 Å². The predicted molar refractivity (Wildman–Crippen MR) is 128 cm³/mol. The highest BCUT2D eigenvalue weighted by Gasteiger charge is 2.59. The summed E-state index contributed by atoms with van der Waals surface area (Å²) in [6.45, 7) is 4.98. The second kappa shape index (κ2) is 8.62. The summed E-state index contributed by atoms with van der Waals surface area (Å²) in [5.74, 6) is -2.02. The van der Waals surface area contributed by atoms with Crippen LogP contribution < -0.4 is 5.32 Å². The molecule has 1 aliphatic carbocycles. The van der Waals surface area contributed by atoms with Crippen molar-refractivity contribution in [2.24, 2.45) is 0 Å². The Morgan fingerprint density at radius 3 is 2.66 bits per heavy atom. The summed E-state index contributed by atoms with van der Waals surface area (Å²) in [6, 6.07) is 3.33. The number of anilines is 2. The second-order valence-corrected chi connectivity index (χ2v) is 10.2. The number of alkyl halides is 2. The first kappa shape index (κ1) is 23.0. The van der Waals surface area contributed by atoms with Gasteiger partial charge in [0.05, 0.1) is 42.8 Å². The molecule has 3 aliphatic rings. The lowest BCUT2D eigenvalue weighted by atomic mass is 9.85. The van der Waals surface area contributed by atoms with Gasteiger partial charge < -0.3 is 15.2 Å². The molecule has 2 aliphatic heterocycles. The Hall–Kier alpha value is -2.40. The average Bonchev–Trinajstić information content (AvgIpc) is 3.11. The zero-order valence-electron chi connectivity index (χ0n) is 19.3. The van der Waals surface area contributed by atoms with Crippen molar-refractivity contribution >= 4 is 34.1 Å². The van der Waals surface area contributed by atoms with Gasteiger partial charge in [0, 0.05) is 18.0 Å². The lowest BCUT2D eigenvalue weighted by Gasteiger charge is -2.37. The first-order chi connectivity index (χ1) is 16.8. The molecule has 3 fully saturated rings. The first-order valence-electron chi connectivity index (χ1n) is 11.9. The Balaban J connectivity index is 1.19. The molecule has 3 aromatic rings. The molecule has 8 nitrogen and oxygen atoms in total. The van der Waals surface area contributed by atoms with E-state index in [1.54, 1.807) is 6.20 Å². The highest BCUT2D eigenvalue weighted by molar-refractivity contribution is 6.32. The van der Waals surface area contributed by atoms with Gasteiger partial charge in [-0.1, -0.05) is 11.6 Å². The van der Waals surface area contributed by atoms with Crippen LogP contribution in [-0.2, 0) is 4.74 Å². The smallest absolute Gasteiger partial charge is 0.272 e. The number of fused-ring (bicyclic) bond motifs is 1. The third-order valence-electron chi connectivity index (χ3n) is 7.50. The maximum absolute atomic E-state index is 13.4. The Bertz CT molecular complexity index is 1260. The number of ether oxygens (including phenoxy) is 1. The van der Waals surface area contributed by atoms with Crippen LogP contribution in [0.25, 0.3) is 10.9 Å². The molecule has 0 radical (unpaired) electrons. The molecule has 0 amide bonds. The number of hydrogen-bond donors (Lipinski definition) is 2. The van der Waals surface area contributed by atoms with Crippen molar-refractivity contribution in [3.8, 4) is 0 Å². The minimum atomic E-state index is -2.76. The Labute approximate surface area is 206 Å². The topological polar surface area (TPSA) is 88.3 Å². The largest absolute Gasteiger partial charge is 0.389 e. The van der Waals surface area contributed by atoms with E-state index in [4.69, 9.17) is 16.3 Å². The molecular weight excluding hydrogens is 478 g/mol. The van der Waals surface area contributed by atoms with E-state index in [-0.39, 0.29) is 17.6 Å². The number of aryl methyl sites for hydroxylation is 1. The van der Waals surface area contributed by atoms with Crippen LogP contribution in [0.1, 0.15) is 42.3 Å². The van der Waals surface area contributed by atoms with E-state index in [2.05, 4.69) is 44.3 Å². The van der Waals surface area contributed by atoms with Gasteiger partial charge in [-0.3, -0.25) is 4.90 Å². The molecule has 11 heteroatoms. The zero-order chi connectivity index (χ0) is 24.3. The minimum Gasteiger partial charge on any atom is -0.389 e. The van der Waals surface area contributed by atoms with Crippen molar-refractivity contribution in [2.75, 3.05) is 31.6 Å². The van der Waals surface area contributed by atoms with E-state index in [0.717, 1.165) is 41.5 Å². The van der Waals surface area contributed by atoms with Crippen LogP contribution in [-0.4, -0.2) is 74.1 Å². The van der Waals surface area contributed by atoms with Crippen LogP contribution in [0.15, 0.2) is 24.5 Å². The molecule has 0 spiro atoms. The first-order valence-corrected chi connectivity index (χ1v) is 12.3. The lowest BCUT2D eigenvalue weighted by molar-refractivity contribution is 0.0663. The van der Waals surface area contributed by atoms with Gasteiger partial charge in [-0.2, -0.15) is 5.10 Å². The van der Waals surface area contributed by atoms with E-state index in [0.29, 0.717) is 30.8 Å². The van der Waals surface area contributed by atoms with Crippen molar-refractivity contribution < 1.29 is 18.6 Å². The third-order valence-corrected chi connectivity index (χ3v) is 7.87. The van der Waals surface area contributed by atoms with Gasteiger partial charge in [-0.25, -0.2) is 23.4 Å². The monoisotopic (exact) mass is 504 g/mol. The van der Waals surface area contributed by atoms with Gasteiger partial charge in [-0.05, 0) is 62.0 Å². The number of aromatic nitrogens is 4. The summed E-state index contributed by atoms with van der Waals surface area (Å²) < 4.78 is 33.4. The molecule has 2 N–H and O–H groups in total. The summed E-state index contributed by atoms with van der Waals surface area (Å²) in [6.07, 6.45) is 4.52. The van der Waals surface area contributed by atoms with Crippen LogP contribution in [0, 0.1) is 6.92 Å². The summed E-state index contributed by atoms with van der Waals surface area (Å²) in [5.41, 5.74) is 3.68. The van der Waals surface area contributed by atoms with E-state index < -0.39 is 18.1 Å². The number of nitrogens with one attached hydrogen (secondary N) is 1. The number of likely N-dealkylation sites (tertiary alicyclic amines) is 1. The van der Waals surface area contributed by atoms with Gasteiger partial charge in [0.15, 0.2) is 5.15 Å². The van der Waals surface area contributed by atoms with Gasteiger partial charge in [-0.15, -0.1) is 0 Å². The fourth-order valence-corrected chi connectivity index (χ4v) is 5.62. The molecule has 1 saturated carbocycles. The van der Waals surface area contributed by atoms with Crippen LogP contribution in [0.3, 0.4) is 0 Å². The summed E-state index contributed by atoms with van der Waals surface area (Å²) >= 11 is 6.29. The number of aliphatic hydroxyl groups excluding tert-OH is 1. The highest BCUT2D eigenvalue weighted by Crippen LogP contribution is 2.53. The molecule has 3 atom stereocenters. The van der Waals surface area contributed by atoms with Crippen LogP contribution >= 0.6 is 11.6 Å². The molecule has 4 heterocycles. The normalized spacial score (nSPS) is 26.9. The number of aliphatic hydroxyl groups is 1. The summed E-state index contributed by atoms with van der Waals surface area (Å²) in [7, 11) is 0. The van der Waals surface area contributed by atoms with Crippen molar-refractivity contribution in [1.29, 1.82) is 0 Å². The number of halogens is 3. The Morgan fingerprint density at radius 1 is 1.20 bits per heavy atom. The van der Waals surface area contributed by atoms with Crippen molar-refractivity contribution in [3.05, 3.63) is 40.8 Å². The molecule has 186 valence electrons. The fraction of sp³-hybridized carbons (Fsp3) is 0.542. The molecule has 0 bridgehead atoms. The van der Waals surface area contributed by atoms with Crippen LogP contribution in [0.2, 0.25) is 5.15 Å². The quantitative estimate of drug-likeness (QED) is 0.542. The van der Waals surface area contributed by atoms with Crippen LogP contribution in [0.5, 0.6) is 0 Å². The summed E-state index contributed by atoms with van der Waals surface area (Å²) in [5, 5.41) is 18.2. The highest BCUT2D eigenvalue weighted by atomic mass is 35.5. The number of nitrogens with zero attached hydrogens (tertiary/aromatic N) is 5. The Morgan fingerprint density at radius 2 is 1.97 bits per heavy atom. The molecule has 2 unspecified atom stereocenters.